The van der Waals surface area contributed by atoms with E-state index >= 15 is 0 Å². The van der Waals surface area contributed by atoms with E-state index in [1.165, 1.54) is 16.3 Å². The summed E-state index contributed by atoms with van der Waals surface area (Å²) in [5.74, 6) is 0. The Morgan fingerprint density at radius 2 is 2.05 bits per heavy atom. The highest BCUT2D eigenvalue weighted by atomic mass is 35.5. The molecule has 0 radical (unpaired) electrons. The number of H-pyrrole nitrogens is 1. The molecule has 0 saturated heterocycles. The van der Waals surface area contributed by atoms with Gasteiger partial charge in [-0.3, -0.25) is 0 Å². The number of aromatic amines is 1. The minimum Gasteiger partial charge on any atom is -0.244 e. The molecule has 0 aliphatic carbocycles. The van der Waals surface area contributed by atoms with Gasteiger partial charge >= 0.3 is 5.69 Å². The highest BCUT2D eigenvalue weighted by Gasteiger charge is 2.09. The maximum Gasteiger partial charge on any atom is 0.364 e. The summed E-state index contributed by atoms with van der Waals surface area (Å²) < 4.78 is 1.20. The molecule has 0 atom stereocenters. The van der Waals surface area contributed by atoms with Crippen molar-refractivity contribution in [1.29, 1.82) is 0 Å². The Kier molecular flexibility index (Phi) is 3.22. The minimum atomic E-state index is -0.380. The number of halogens is 2. The van der Waals surface area contributed by atoms with E-state index in [0.717, 1.165) is 4.90 Å². The van der Waals surface area contributed by atoms with E-state index in [0.29, 0.717) is 20.7 Å². The lowest BCUT2D eigenvalue weighted by Crippen LogP contribution is -2.12. The normalized spacial score (nSPS) is 11.1. The summed E-state index contributed by atoms with van der Waals surface area (Å²) in [5, 5.41) is 11.9. The molecule has 0 aliphatic rings. The summed E-state index contributed by atoms with van der Waals surface area (Å²) in [6.45, 7) is 0. The summed E-state index contributed by atoms with van der Waals surface area (Å²) in [6, 6.07) is 8.82. The molecule has 3 rings (SSSR count). The molecule has 19 heavy (non-hydrogen) atoms. The summed E-state index contributed by atoms with van der Waals surface area (Å²) in [6.07, 6.45) is 0. The van der Waals surface area contributed by atoms with Gasteiger partial charge < -0.3 is 0 Å². The number of fused-ring (bicyclic) bond motifs is 1. The highest BCUT2D eigenvalue weighted by Crippen LogP contribution is 2.35. The topological polar surface area (TPSA) is 63.0 Å². The molecule has 0 spiro atoms. The van der Waals surface area contributed by atoms with E-state index in [4.69, 9.17) is 23.2 Å². The highest BCUT2D eigenvalue weighted by molar-refractivity contribution is 7.99. The molecule has 0 unspecified atom stereocenters. The van der Waals surface area contributed by atoms with Crippen molar-refractivity contribution in [1.82, 2.24) is 19.8 Å². The van der Waals surface area contributed by atoms with Crippen molar-refractivity contribution in [2.75, 3.05) is 0 Å². The van der Waals surface area contributed by atoms with Crippen molar-refractivity contribution in [3.05, 3.63) is 50.9 Å². The molecule has 0 amide bonds. The van der Waals surface area contributed by atoms with Crippen LogP contribution in [0.1, 0.15) is 0 Å². The lowest BCUT2D eigenvalue weighted by atomic mass is 10.4. The van der Waals surface area contributed by atoms with Gasteiger partial charge in [-0.25, -0.2) is 9.89 Å². The van der Waals surface area contributed by atoms with E-state index in [1.807, 2.05) is 6.07 Å². The summed E-state index contributed by atoms with van der Waals surface area (Å²) in [7, 11) is 0. The molecular formula is C11H6Cl2N4OS. The molecule has 3 aromatic rings. The van der Waals surface area contributed by atoms with Crippen molar-refractivity contribution in [2.45, 2.75) is 9.92 Å². The standard InChI is InChI=1S/C11H6Cl2N4OS/c12-6-2-1-3-7(10(6)13)19-9-5-4-8-14-15-11(18)17(8)16-9/h1-5H,(H,15,18). The van der Waals surface area contributed by atoms with Crippen LogP contribution in [0.3, 0.4) is 0 Å². The number of aromatic nitrogens is 4. The molecule has 0 fully saturated rings. The molecule has 96 valence electrons. The third kappa shape index (κ3) is 2.34. The number of hydrogen-bond donors (Lipinski definition) is 1. The second-order valence-corrected chi connectivity index (χ2v) is 5.47. The molecule has 2 heterocycles. The van der Waals surface area contributed by atoms with Gasteiger partial charge in [-0.05, 0) is 24.3 Å². The largest absolute Gasteiger partial charge is 0.364 e. The quantitative estimate of drug-likeness (QED) is 0.790. The lowest BCUT2D eigenvalue weighted by molar-refractivity contribution is 0.820. The van der Waals surface area contributed by atoms with Gasteiger partial charge in [0, 0.05) is 4.90 Å². The van der Waals surface area contributed by atoms with Crippen molar-refractivity contribution in [2.24, 2.45) is 0 Å². The molecule has 0 saturated carbocycles. The van der Waals surface area contributed by atoms with Gasteiger partial charge in [0.05, 0.1) is 10.0 Å². The first-order valence-electron chi connectivity index (χ1n) is 5.21. The molecular weight excluding hydrogens is 307 g/mol. The van der Waals surface area contributed by atoms with Crippen LogP contribution in [-0.2, 0) is 0 Å². The number of nitrogens with one attached hydrogen (secondary N) is 1. The Labute approximate surface area is 121 Å². The zero-order valence-electron chi connectivity index (χ0n) is 9.30. The second kappa shape index (κ2) is 4.88. The number of hydrogen-bond acceptors (Lipinski definition) is 4. The summed E-state index contributed by atoms with van der Waals surface area (Å²) in [4.78, 5) is 12.2. The molecule has 2 aromatic heterocycles. The van der Waals surface area contributed by atoms with Crippen LogP contribution in [0.15, 0.2) is 45.0 Å². The first-order chi connectivity index (χ1) is 9.15. The Hall–Kier alpha value is -1.50. The van der Waals surface area contributed by atoms with Gasteiger partial charge in [-0.2, -0.15) is 14.7 Å². The zero-order valence-corrected chi connectivity index (χ0v) is 11.6. The zero-order chi connectivity index (χ0) is 13.4. The third-order valence-corrected chi connectivity index (χ3v) is 4.30. The van der Waals surface area contributed by atoms with E-state index in [9.17, 15) is 4.79 Å². The maximum absolute atomic E-state index is 11.4. The van der Waals surface area contributed by atoms with Gasteiger partial charge in [-0.1, -0.05) is 41.0 Å². The third-order valence-electron chi connectivity index (χ3n) is 2.38. The number of nitrogens with zero attached hydrogens (tertiary/aromatic N) is 3. The van der Waals surface area contributed by atoms with Crippen LogP contribution in [0.2, 0.25) is 10.0 Å². The molecule has 5 nitrogen and oxygen atoms in total. The van der Waals surface area contributed by atoms with Crippen molar-refractivity contribution in [3.63, 3.8) is 0 Å². The fourth-order valence-corrected chi connectivity index (χ4v) is 2.82. The van der Waals surface area contributed by atoms with Crippen molar-refractivity contribution in [3.8, 4) is 0 Å². The van der Waals surface area contributed by atoms with E-state index in [1.54, 1.807) is 24.3 Å². The minimum absolute atomic E-state index is 0.380. The number of rotatable bonds is 2. The predicted molar refractivity (Wildman–Crippen MR) is 74.2 cm³/mol. The van der Waals surface area contributed by atoms with Gasteiger partial charge in [0.15, 0.2) is 5.65 Å². The van der Waals surface area contributed by atoms with Crippen molar-refractivity contribution < 1.29 is 0 Å². The van der Waals surface area contributed by atoms with Crippen LogP contribution in [0.25, 0.3) is 5.65 Å². The molecule has 0 bridgehead atoms. The Bertz CT molecular complexity index is 814. The van der Waals surface area contributed by atoms with Crippen LogP contribution in [0, 0.1) is 0 Å². The number of benzene rings is 1. The van der Waals surface area contributed by atoms with Crippen LogP contribution < -0.4 is 5.69 Å². The van der Waals surface area contributed by atoms with Gasteiger partial charge in [0.2, 0.25) is 0 Å². The smallest absolute Gasteiger partial charge is 0.244 e. The van der Waals surface area contributed by atoms with Crippen molar-refractivity contribution >= 4 is 40.6 Å². The maximum atomic E-state index is 11.4. The van der Waals surface area contributed by atoms with Crippen LogP contribution in [0.5, 0.6) is 0 Å². The second-order valence-electron chi connectivity index (χ2n) is 3.62. The average molecular weight is 313 g/mol. The monoisotopic (exact) mass is 312 g/mol. The van der Waals surface area contributed by atoms with Gasteiger partial charge in [0.1, 0.15) is 5.03 Å². The fraction of sp³-hybridized carbons (Fsp3) is 0. The molecule has 1 aromatic carbocycles. The molecule has 1 N–H and O–H groups in total. The van der Waals surface area contributed by atoms with Crippen LogP contribution in [0.4, 0.5) is 0 Å². The molecule has 0 aliphatic heterocycles. The van der Waals surface area contributed by atoms with Gasteiger partial charge in [-0.15, -0.1) is 0 Å². The van der Waals surface area contributed by atoms with Gasteiger partial charge in [0.25, 0.3) is 0 Å². The van der Waals surface area contributed by atoms with E-state index in [-0.39, 0.29) is 5.69 Å². The average Bonchev–Trinajstić information content (AvgIpc) is 2.77. The predicted octanol–water partition coefficient (Wildman–Crippen LogP) is 2.88. The van der Waals surface area contributed by atoms with E-state index in [2.05, 4.69) is 15.3 Å². The van der Waals surface area contributed by atoms with Crippen LogP contribution >= 0.6 is 35.0 Å². The Balaban J connectivity index is 2.03. The summed E-state index contributed by atoms with van der Waals surface area (Å²) >= 11 is 13.4. The van der Waals surface area contributed by atoms with E-state index < -0.39 is 0 Å². The first kappa shape index (κ1) is 12.5. The lowest BCUT2D eigenvalue weighted by Gasteiger charge is -2.04. The Morgan fingerprint density at radius 1 is 1.21 bits per heavy atom. The fourth-order valence-electron chi connectivity index (χ4n) is 1.52. The molecule has 8 heteroatoms. The summed E-state index contributed by atoms with van der Waals surface area (Å²) in [5.41, 5.74) is 0.0844. The van der Waals surface area contributed by atoms with Crippen LogP contribution in [-0.4, -0.2) is 19.8 Å². The Morgan fingerprint density at radius 3 is 2.89 bits per heavy atom. The SMILES string of the molecule is O=c1[nH]nc2ccc(Sc3cccc(Cl)c3Cl)nn12. The first-order valence-corrected chi connectivity index (χ1v) is 6.79.